The van der Waals surface area contributed by atoms with E-state index in [1.54, 1.807) is 31.4 Å². The van der Waals surface area contributed by atoms with Gasteiger partial charge in [-0.15, -0.1) is 13.2 Å². The monoisotopic (exact) mass is 391 g/mol. The number of ether oxygens (including phenoxy) is 2. The van der Waals surface area contributed by atoms with Crippen LogP contribution in [0.15, 0.2) is 54.9 Å². The second kappa shape index (κ2) is 7.91. The van der Waals surface area contributed by atoms with Gasteiger partial charge in [-0.1, -0.05) is 0 Å². The van der Waals surface area contributed by atoms with Gasteiger partial charge in [0.05, 0.1) is 7.11 Å². The molecule has 28 heavy (non-hydrogen) atoms. The number of anilines is 5. The molecular formula is C18H16F3N5O2. The number of aromatic nitrogens is 2. The van der Waals surface area contributed by atoms with Crippen LogP contribution in [0.3, 0.4) is 0 Å². The van der Waals surface area contributed by atoms with Crippen molar-refractivity contribution in [3.05, 3.63) is 54.9 Å². The second-order valence-corrected chi connectivity index (χ2v) is 5.54. The molecule has 146 valence electrons. The van der Waals surface area contributed by atoms with Crippen molar-refractivity contribution in [2.75, 3.05) is 23.5 Å². The predicted octanol–water partition coefficient (Wildman–Crippen LogP) is 4.45. The van der Waals surface area contributed by atoms with Gasteiger partial charge in [0.2, 0.25) is 0 Å². The Kier molecular flexibility index (Phi) is 5.39. The molecule has 0 unspecified atom stereocenters. The molecule has 2 aromatic carbocycles. The molecule has 0 aliphatic heterocycles. The maximum absolute atomic E-state index is 12.2. The van der Waals surface area contributed by atoms with Gasteiger partial charge in [-0.25, -0.2) is 9.97 Å². The average molecular weight is 391 g/mol. The third kappa shape index (κ3) is 4.93. The smallest absolute Gasteiger partial charge is 0.497 e. The fourth-order valence-electron chi connectivity index (χ4n) is 2.28. The Morgan fingerprint density at radius 1 is 0.821 bits per heavy atom. The molecule has 0 fully saturated rings. The molecule has 3 aromatic rings. The first-order chi connectivity index (χ1) is 13.3. The van der Waals surface area contributed by atoms with Crippen LogP contribution in [-0.2, 0) is 0 Å². The number of nitrogen functional groups attached to an aromatic ring is 1. The number of nitrogens with zero attached hydrogens (tertiary/aromatic N) is 2. The highest BCUT2D eigenvalue weighted by molar-refractivity contribution is 5.80. The molecule has 0 amide bonds. The molecule has 1 heterocycles. The summed E-state index contributed by atoms with van der Waals surface area (Å²) in [6.45, 7) is 0. The van der Waals surface area contributed by atoms with Gasteiger partial charge >= 0.3 is 6.36 Å². The van der Waals surface area contributed by atoms with Crippen molar-refractivity contribution in [1.82, 2.24) is 9.97 Å². The first-order valence-corrected chi connectivity index (χ1v) is 7.98. The minimum Gasteiger partial charge on any atom is -0.497 e. The van der Waals surface area contributed by atoms with Crippen LogP contribution in [0.2, 0.25) is 0 Å². The predicted molar refractivity (Wildman–Crippen MR) is 99.1 cm³/mol. The van der Waals surface area contributed by atoms with Crippen LogP contribution < -0.4 is 25.8 Å². The fraction of sp³-hybridized carbons (Fsp3) is 0.111. The maximum atomic E-state index is 12.2. The number of nitrogens with one attached hydrogen (secondary N) is 2. The van der Waals surface area contributed by atoms with Crippen molar-refractivity contribution in [1.29, 1.82) is 0 Å². The zero-order valence-electron chi connectivity index (χ0n) is 14.6. The van der Waals surface area contributed by atoms with E-state index in [4.69, 9.17) is 10.5 Å². The summed E-state index contributed by atoms with van der Waals surface area (Å²) in [6.07, 6.45) is -3.43. The Balaban J connectivity index is 1.73. The van der Waals surface area contributed by atoms with E-state index >= 15 is 0 Å². The molecule has 4 N–H and O–H groups in total. The van der Waals surface area contributed by atoms with Crippen molar-refractivity contribution in [3.8, 4) is 11.5 Å². The first-order valence-electron chi connectivity index (χ1n) is 7.98. The highest BCUT2D eigenvalue weighted by Gasteiger charge is 2.30. The highest BCUT2D eigenvalue weighted by atomic mass is 19.4. The SMILES string of the molecule is COc1ccc(Nc2ncnc(Nc3ccc(OC(F)(F)F)cc3)c2N)cc1. The van der Waals surface area contributed by atoms with Gasteiger partial charge in [0.15, 0.2) is 11.6 Å². The molecule has 0 atom stereocenters. The van der Waals surface area contributed by atoms with E-state index in [0.717, 1.165) is 5.69 Å². The van der Waals surface area contributed by atoms with Crippen LogP contribution in [-0.4, -0.2) is 23.4 Å². The summed E-state index contributed by atoms with van der Waals surface area (Å²) in [5, 5.41) is 6.00. The number of rotatable bonds is 6. The summed E-state index contributed by atoms with van der Waals surface area (Å²) in [4.78, 5) is 8.18. The standard InChI is InChI=1S/C18H16F3N5O2/c1-27-13-6-2-11(3-7-13)25-16-15(22)17(24-10-23-16)26-12-4-8-14(9-5-12)28-18(19,20)21/h2-10H,22H2,1H3,(H2,23,24,25,26). The minimum atomic E-state index is -4.74. The summed E-state index contributed by atoms with van der Waals surface area (Å²) in [5.74, 6) is 1.06. The van der Waals surface area contributed by atoms with Crippen molar-refractivity contribution >= 4 is 28.7 Å². The number of alkyl halides is 3. The van der Waals surface area contributed by atoms with Crippen molar-refractivity contribution < 1.29 is 22.6 Å². The van der Waals surface area contributed by atoms with Gasteiger partial charge in [-0.3, -0.25) is 0 Å². The summed E-state index contributed by atoms with van der Waals surface area (Å²) < 4.78 is 45.6. The number of methoxy groups -OCH3 is 1. The Bertz CT molecular complexity index is 931. The van der Waals surface area contributed by atoms with E-state index in [9.17, 15) is 13.2 Å². The Hall–Kier alpha value is -3.69. The van der Waals surface area contributed by atoms with Gasteiger partial charge in [-0.05, 0) is 48.5 Å². The van der Waals surface area contributed by atoms with Crippen LogP contribution in [0.4, 0.5) is 41.9 Å². The number of hydrogen-bond acceptors (Lipinski definition) is 7. The number of benzene rings is 2. The molecule has 0 saturated carbocycles. The quantitative estimate of drug-likeness (QED) is 0.571. The van der Waals surface area contributed by atoms with Crippen LogP contribution in [0.5, 0.6) is 11.5 Å². The number of hydrogen-bond donors (Lipinski definition) is 3. The lowest BCUT2D eigenvalue weighted by Gasteiger charge is -2.13. The van der Waals surface area contributed by atoms with Crippen LogP contribution >= 0.6 is 0 Å². The van der Waals surface area contributed by atoms with Crippen molar-refractivity contribution in [2.45, 2.75) is 6.36 Å². The zero-order valence-corrected chi connectivity index (χ0v) is 14.6. The zero-order chi connectivity index (χ0) is 20.1. The topological polar surface area (TPSA) is 94.3 Å². The Labute approximate surface area is 158 Å². The van der Waals surface area contributed by atoms with Gasteiger partial charge in [0.1, 0.15) is 23.5 Å². The first kappa shape index (κ1) is 19.1. The molecule has 7 nitrogen and oxygen atoms in total. The lowest BCUT2D eigenvalue weighted by Crippen LogP contribution is -2.17. The molecule has 0 aliphatic rings. The second-order valence-electron chi connectivity index (χ2n) is 5.54. The largest absolute Gasteiger partial charge is 0.573 e. The third-order valence-corrected chi connectivity index (χ3v) is 3.59. The van der Waals surface area contributed by atoms with E-state index in [-0.39, 0.29) is 11.4 Å². The van der Waals surface area contributed by atoms with Gasteiger partial charge < -0.3 is 25.8 Å². The van der Waals surface area contributed by atoms with E-state index in [1.165, 1.54) is 30.6 Å². The van der Waals surface area contributed by atoms with Crippen LogP contribution in [0.1, 0.15) is 0 Å². The molecule has 0 saturated heterocycles. The van der Waals surface area contributed by atoms with Gasteiger partial charge in [-0.2, -0.15) is 0 Å². The number of halogens is 3. The summed E-state index contributed by atoms with van der Waals surface area (Å²) in [6, 6.07) is 12.4. The molecule has 0 radical (unpaired) electrons. The molecule has 0 spiro atoms. The average Bonchev–Trinajstić information content (AvgIpc) is 2.66. The maximum Gasteiger partial charge on any atom is 0.573 e. The van der Waals surface area contributed by atoms with E-state index in [1.807, 2.05) is 0 Å². The molecular weight excluding hydrogens is 375 g/mol. The van der Waals surface area contributed by atoms with Gasteiger partial charge in [0, 0.05) is 11.4 Å². The van der Waals surface area contributed by atoms with Crippen LogP contribution in [0.25, 0.3) is 0 Å². The normalized spacial score (nSPS) is 11.0. The molecule has 0 aliphatic carbocycles. The Morgan fingerprint density at radius 3 is 1.71 bits per heavy atom. The lowest BCUT2D eigenvalue weighted by atomic mass is 10.3. The van der Waals surface area contributed by atoms with Crippen LogP contribution in [0, 0.1) is 0 Å². The van der Waals surface area contributed by atoms with E-state index in [0.29, 0.717) is 23.1 Å². The number of nitrogens with two attached hydrogens (primary N) is 1. The van der Waals surface area contributed by atoms with Crippen molar-refractivity contribution in [3.63, 3.8) is 0 Å². The van der Waals surface area contributed by atoms with Crippen molar-refractivity contribution in [2.24, 2.45) is 0 Å². The van der Waals surface area contributed by atoms with E-state index in [2.05, 4.69) is 25.3 Å². The third-order valence-electron chi connectivity index (χ3n) is 3.59. The summed E-state index contributed by atoms with van der Waals surface area (Å²) >= 11 is 0. The van der Waals surface area contributed by atoms with Gasteiger partial charge in [0.25, 0.3) is 0 Å². The summed E-state index contributed by atoms with van der Waals surface area (Å²) in [7, 11) is 1.57. The fourth-order valence-corrected chi connectivity index (χ4v) is 2.28. The molecule has 1 aromatic heterocycles. The Morgan fingerprint density at radius 2 is 1.29 bits per heavy atom. The lowest BCUT2D eigenvalue weighted by molar-refractivity contribution is -0.274. The molecule has 3 rings (SSSR count). The van der Waals surface area contributed by atoms with E-state index < -0.39 is 6.36 Å². The highest BCUT2D eigenvalue weighted by Crippen LogP contribution is 2.30. The summed E-state index contributed by atoms with van der Waals surface area (Å²) in [5.41, 5.74) is 7.57. The molecule has 0 bridgehead atoms. The minimum absolute atomic E-state index is 0.244. The molecule has 10 heteroatoms.